The zero-order valence-corrected chi connectivity index (χ0v) is 19.3. The SMILES string of the molecule is CCC(C)(CCC1C(=O)OC(=O)C1C1C(C)C2CC(CO)C1C2)C(=O)OC(C)(C)C. The molecule has 1 N–H and O–H groups in total. The average Bonchev–Trinajstić information content (AvgIpc) is 3.29. The minimum atomic E-state index is -0.711. The van der Waals surface area contributed by atoms with E-state index in [1.165, 1.54) is 0 Å². The first-order chi connectivity index (χ1) is 13.9. The van der Waals surface area contributed by atoms with Crippen LogP contribution in [0.2, 0.25) is 0 Å². The molecule has 0 aromatic rings. The van der Waals surface area contributed by atoms with Crippen LogP contribution in [-0.4, -0.2) is 35.2 Å². The molecule has 8 unspecified atom stereocenters. The van der Waals surface area contributed by atoms with Crippen molar-refractivity contribution in [2.75, 3.05) is 6.61 Å². The van der Waals surface area contributed by atoms with E-state index in [-0.39, 0.29) is 30.3 Å². The van der Waals surface area contributed by atoms with E-state index in [1.54, 1.807) is 0 Å². The summed E-state index contributed by atoms with van der Waals surface area (Å²) in [5.41, 5.74) is -1.28. The van der Waals surface area contributed by atoms with E-state index in [9.17, 15) is 19.5 Å². The van der Waals surface area contributed by atoms with Crippen molar-refractivity contribution in [1.29, 1.82) is 0 Å². The minimum Gasteiger partial charge on any atom is -0.460 e. The Morgan fingerprint density at radius 1 is 1.17 bits per heavy atom. The Kier molecular flexibility index (Phi) is 6.39. The summed E-state index contributed by atoms with van der Waals surface area (Å²) in [6, 6.07) is 0. The normalized spacial score (nSPS) is 37.9. The monoisotopic (exact) mass is 422 g/mol. The topological polar surface area (TPSA) is 89.9 Å². The first-order valence-electron chi connectivity index (χ1n) is 11.5. The van der Waals surface area contributed by atoms with Gasteiger partial charge in [-0.15, -0.1) is 0 Å². The van der Waals surface area contributed by atoms with E-state index >= 15 is 0 Å². The van der Waals surface area contributed by atoms with E-state index < -0.39 is 34.8 Å². The first kappa shape index (κ1) is 23.2. The lowest BCUT2D eigenvalue weighted by atomic mass is 9.65. The molecular formula is C24H38O6. The molecule has 0 aromatic carbocycles. The fraction of sp³-hybridized carbons (Fsp3) is 0.875. The fourth-order valence-corrected chi connectivity index (χ4v) is 6.19. The summed E-state index contributed by atoms with van der Waals surface area (Å²) < 4.78 is 10.7. The molecule has 2 bridgehead atoms. The lowest BCUT2D eigenvalue weighted by molar-refractivity contribution is -0.168. The van der Waals surface area contributed by atoms with Crippen LogP contribution in [0.4, 0.5) is 0 Å². The maximum absolute atomic E-state index is 12.8. The van der Waals surface area contributed by atoms with E-state index in [0.717, 1.165) is 12.8 Å². The van der Waals surface area contributed by atoms with Gasteiger partial charge in [-0.3, -0.25) is 14.4 Å². The highest BCUT2D eigenvalue weighted by Gasteiger charge is 2.59. The smallest absolute Gasteiger partial charge is 0.317 e. The number of esters is 3. The highest BCUT2D eigenvalue weighted by Crippen LogP contribution is 2.59. The van der Waals surface area contributed by atoms with Crippen LogP contribution in [0.25, 0.3) is 0 Å². The maximum Gasteiger partial charge on any atom is 0.317 e. The number of rotatable bonds is 7. The summed E-state index contributed by atoms with van der Waals surface area (Å²) in [5.74, 6) is -0.721. The molecule has 170 valence electrons. The van der Waals surface area contributed by atoms with Gasteiger partial charge in [0, 0.05) is 6.61 Å². The predicted molar refractivity (Wildman–Crippen MR) is 111 cm³/mol. The summed E-state index contributed by atoms with van der Waals surface area (Å²) in [6.45, 7) is 11.7. The molecular weight excluding hydrogens is 384 g/mol. The summed E-state index contributed by atoms with van der Waals surface area (Å²) in [6.07, 6.45) is 3.53. The molecule has 0 aromatic heterocycles. The van der Waals surface area contributed by atoms with E-state index in [1.807, 2.05) is 34.6 Å². The summed E-state index contributed by atoms with van der Waals surface area (Å²) >= 11 is 0. The van der Waals surface area contributed by atoms with Gasteiger partial charge in [-0.1, -0.05) is 13.8 Å². The van der Waals surface area contributed by atoms with E-state index in [4.69, 9.17) is 9.47 Å². The standard InChI is InChI=1S/C24H38O6/c1-7-24(6,22(28)30-23(3,4)5)9-8-16-19(21(27)29-20(16)26)18-13(2)14-10-15(12-25)17(18)11-14/h13-19,25H,7-12H2,1-6H3. The Bertz CT molecular complexity index is 694. The van der Waals surface area contributed by atoms with Crippen molar-refractivity contribution in [1.82, 2.24) is 0 Å². The molecule has 6 nitrogen and oxygen atoms in total. The Morgan fingerprint density at radius 2 is 1.83 bits per heavy atom. The zero-order chi connectivity index (χ0) is 22.4. The van der Waals surface area contributed by atoms with Crippen molar-refractivity contribution in [3.63, 3.8) is 0 Å². The Labute approximate surface area is 180 Å². The average molecular weight is 423 g/mol. The van der Waals surface area contributed by atoms with Gasteiger partial charge >= 0.3 is 17.9 Å². The van der Waals surface area contributed by atoms with Crippen LogP contribution < -0.4 is 0 Å². The molecule has 8 atom stereocenters. The molecule has 3 aliphatic rings. The number of carbonyl (C=O) groups excluding carboxylic acids is 3. The van der Waals surface area contributed by atoms with Gasteiger partial charge in [-0.05, 0) is 89.4 Å². The van der Waals surface area contributed by atoms with Crippen molar-refractivity contribution >= 4 is 17.9 Å². The Morgan fingerprint density at radius 3 is 2.37 bits per heavy atom. The van der Waals surface area contributed by atoms with Crippen molar-refractivity contribution in [2.45, 2.75) is 79.2 Å². The van der Waals surface area contributed by atoms with Crippen LogP contribution in [0.15, 0.2) is 0 Å². The number of aliphatic hydroxyl groups excluding tert-OH is 1. The molecule has 1 aliphatic heterocycles. The van der Waals surface area contributed by atoms with Gasteiger partial charge in [0.15, 0.2) is 0 Å². The van der Waals surface area contributed by atoms with Crippen molar-refractivity contribution in [3.8, 4) is 0 Å². The largest absolute Gasteiger partial charge is 0.460 e. The second-order valence-corrected chi connectivity index (χ2v) is 11.1. The van der Waals surface area contributed by atoms with Gasteiger partial charge in [-0.25, -0.2) is 0 Å². The predicted octanol–water partition coefficient (Wildman–Crippen LogP) is 3.74. The van der Waals surface area contributed by atoms with Crippen LogP contribution >= 0.6 is 0 Å². The molecule has 30 heavy (non-hydrogen) atoms. The molecule has 0 radical (unpaired) electrons. The first-order valence-corrected chi connectivity index (χ1v) is 11.5. The van der Waals surface area contributed by atoms with Gasteiger partial charge in [0.1, 0.15) is 5.60 Å². The zero-order valence-electron chi connectivity index (χ0n) is 19.3. The number of fused-ring (bicyclic) bond motifs is 2. The third-order valence-corrected chi connectivity index (χ3v) is 8.17. The highest BCUT2D eigenvalue weighted by molar-refractivity contribution is 5.96. The summed E-state index contributed by atoms with van der Waals surface area (Å²) in [7, 11) is 0. The Balaban J connectivity index is 1.76. The van der Waals surface area contributed by atoms with Crippen LogP contribution in [0.5, 0.6) is 0 Å². The van der Waals surface area contributed by atoms with Gasteiger partial charge in [0.05, 0.1) is 17.3 Å². The number of hydrogen-bond acceptors (Lipinski definition) is 6. The third kappa shape index (κ3) is 4.17. The second-order valence-electron chi connectivity index (χ2n) is 11.1. The lowest BCUT2D eigenvalue weighted by Gasteiger charge is -2.37. The lowest BCUT2D eigenvalue weighted by Crippen LogP contribution is -2.39. The molecule has 2 saturated carbocycles. The highest BCUT2D eigenvalue weighted by atomic mass is 16.6. The van der Waals surface area contributed by atoms with Crippen LogP contribution in [0.3, 0.4) is 0 Å². The van der Waals surface area contributed by atoms with E-state index in [2.05, 4.69) is 6.92 Å². The van der Waals surface area contributed by atoms with Gasteiger partial charge < -0.3 is 14.6 Å². The fourth-order valence-electron chi connectivity index (χ4n) is 6.19. The third-order valence-electron chi connectivity index (χ3n) is 8.17. The molecule has 3 rings (SSSR count). The Hall–Kier alpha value is -1.43. The van der Waals surface area contributed by atoms with Crippen LogP contribution in [0.1, 0.15) is 73.6 Å². The molecule has 6 heteroatoms. The van der Waals surface area contributed by atoms with Crippen LogP contribution in [0, 0.1) is 46.8 Å². The summed E-state index contributed by atoms with van der Waals surface area (Å²) in [4.78, 5) is 38.1. The molecule has 3 fully saturated rings. The minimum absolute atomic E-state index is 0.0688. The second kappa shape index (κ2) is 8.25. The van der Waals surface area contributed by atoms with Crippen molar-refractivity contribution in [3.05, 3.63) is 0 Å². The molecule has 0 spiro atoms. The van der Waals surface area contributed by atoms with Gasteiger partial charge in [-0.2, -0.15) is 0 Å². The quantitative estimate of drug-likeness (QED) is 0.496. The number of ether oxygens (including phenoxy) is 2. The van der Waals surface area contributed by atoms with Crippen molar-refractivity contribution in [2.24, 2.45) is 46.8 Å². The molecule has 1 heterocycles. The molecule has 1 saturated heterocycles. The molecule has 0 amide bonds. The number of aliphatic hydroxyl groups is 1. The van der Waals surface area contributed by atoms with Gasteiger partial charge in [0.25, 0.3) is 0 Å². The van der Waals surface area contributed by atoms with E-state index in [0.29, 0.717) is 31.1 Å². The molecule has 2 aliphatic carbocycles. The van der Waals surface area contributed by atoms with Crippen LogP contribution in [-0.2, 0) is 23.9 Å². The van der Waals surface area contributed by atoms with Crippen molar-refractivity contribution < 1.29 is 29.0 Å². The maximum atomic E-state index is 12.8. The number of hydrogen-bond donors (Lipinski definition) is 1. The number of cyclic esters (lactones) is 2. The number of carbonyl (C=O) groups is 3. The van der Waals surface area contributed by atoms with Gasteiger partial charge in [0.2, 0.25) is 0 Å². The summed E-state index contributed by atoms with van der Waals surface area (Å²) in [5, 5.41) is 9.78.